The molecule has 3 aromatic carbocycles. The summed E-state index contributed by atoms with van der Waals surface area (Å²) in [7, 11) is 0. The lowest BCUT2D eigenvalue weighted by atomic mass is 10.0. The quantitative estimate of drug-likeness (QED) is 0.0714. The molecule has 13 N–H and O–H groups in total. The number of H-pyrrole nitrogens is 1. The highest BCUT2D eigenvalue weighted by atomic mass is 16.6. The molecule has 460 valence electrons. The van der Waals surface area contributed by atoms with Gasteiger partial charge in [0.1, 0.15) is 53.2 Å². The maximum Gasteiger partial charge on any atom is 0.408 e. The summed E-state index contributed by atoms with van der Waals surface area (Å²) in [4.78, 5) is 154. The highest BCUT2D eigenvalue weighted by molar-refractivity contribution is 5.98. The second kappa shape index (κ2) is 32.1. The number of fused-ring (bicyclic) bond motifs is 1. The normalized spacial score (nSPS) is 18.6. The van der Waals surface area contributed by atoms with Crippen LogP contribution in [-0.4, -0.2) is 142 Å². The zero-order valence-corrected chi connectivity index (χ0v) is 49.0. The number of carbonyl (C=O) groups excluding carboxylic acids is 11. The SMILES string of the molecule is CC(C)(C)OC(=O)C[C@H](NC(=O)[C@@H]1CCCNC(=O)CCCCC(=O)NCCC[C@H](NC(=O)[C@H](Cc2ccc(O)cc2)NC(=O)OC(C)(C)C)C(=O)NCC(=O)N[C@@H](Cc2c[nH]c3ccccc23)C(=O)N1)C(=O)N[C@@H](Cc1ccccc1)C(N)=O. The average Bonchev–Trinajstić information content (AvgIpc) is 3.47. The summed E-state index contributed by atoms with van der Waals surface area (Å²) in [6, 6.07) is 13.1. The lowest BCUT2D eigenvalue weighted by Crippen LogP contribution is -2.59. The highest BCUT2D eigenvalue weighted by Gasteiger charge is 2.35. The lowest BCUT2D eigenvalue weighted by Gasteiger charge is -2.27. The minimum atomic E-state index is -1.69. The van der Waals surface area contributed by atoms with Crippen LogP contribution < -0.4 is 53.6 Å². The van der Waals surface area contributed by atoms with E-state index in [9.17, 15) is 57.8 Å². The largest absolute Gasteiger partial charge is 0.508 e. The van der Waals surface area contributed by atoms with Crippen molar-refractivity contribution in [3.63, 3.8) is 0 Å². The van der Waals surface area contributed by atoms with Gasteiger partial charge in [-0.15, -0.1) is 0 Å². The predicted octanol–water partition coefficient (Wildman–Crippen LogP) is 1.92. The minimum absolute atomic E-state index is 0.0244. The van der Waals surface area contributed by atoms with E-state index in [-0.39, 0.29) is 88.4 Å². The standard InChI is InChI=1S/C60H81N11O14/c1-59(2,3)84-51(76)33-47(57(82)69-44(52(61)77)30-36-16-8-7-9-17-36)70-54(79)43-21-15-29-63-49(74)23-13-12-22-48(73)62-28-14-20-42(67-55(80)45(71-58(83)85-60(4,5)6)31-37-24-26-39(72)27-25-37)53(78)65-35-50(75)66-46(56(81)68-43)32-38-34-64-41-19-11-10-18-40(38)41/h7-11,16-19,24-27,34,42-47,64,72H,12-15,20-23,28-33,35H2,1-6H3,(H2,61,77)(H,62,73)(H,63,74)(H,65,78)(H,66,75)(H,67,80)(H,68,81)(H,69,82)(H,70,79)(H,71,83)/t42-,43-,44-,45-,46-,47-/m0/s1. The summed E-state index contributed by atoms with van der Waals surface area (Å²) in [6.07, 6.45) is 0.473. The van der Waals surface area contributed by atoms with E-state index < -0.39 is 114 Å². The van der Waals surface area contributed by atoms with Gasteiger partial charge < -0.3 is 73.1 Å². The number of alkyl carbamates (subject to hydrolysis) is 1. The summed E-state index contributed by atoms with van der Waals surface area (Å²) >= 11 is 0. The number of aromatic nitrogens is 1. The number of phenolic OH excluding ortho intramolecular Hbond substituents is 1. The van der Waals surface area contributed by atoms with E-state index in [2.05, 4.69) is 52.8 Å². The number of carbonyl (C=O) groups is 11. The molecule has 0 saturated carbocycles. The first-order valence-corrected chi connectivity index (χ1v) is 28.4. The van der Waals surface area contributed by atoms with E-state index in [1.54, 1.807) is 114 Å². The second-order valence-corrected chi connectivity index (χ2v) is 22.8. The van der Waals surface area contributed by atoms with Gasteiger partial charge in [0, 0.05) is 62.3 Å². The molecular formula is C60H81N11O14. The van der Waals surface area contributed by atoms with Crippen LogP contribution in [0.25, 0.3) is 10.9 Å². The Balaban J connectivity index is 1.45. The Morgan fingerprint density at radius 2 is 1.24 bits per heavy atom. The molecule has 0 spiro atoms. The van der Waals surface area contributed by atoms with Crippen molar-refractivity contribution < 1.29 is 67.3 Å². The zero-order chi connectivity index (χ0) is 62.3. The van der Waals surface area contributed by atoms with Gasteiger partial charge in [0.15, 0.2) is 0 Å². The highest BCUT2D eigenvalue weighted by Crippen LogP contribution is 2.20. The van der Waals surface area contributed by atoms with Crippen molar-refractivity contribution >= 4 is 76.1 Å². The van der Waals surface area contributed by atoms with Gasteiger partial charge in [0.25, 0.3) is 0 Å². The third-order valence-corrected chi connectivity index (χ3v) is 13.2. The molecule has 25 nitrogen and oxygen atoms in total. The maximum atomic E-state index is 14.8. The fraction of sp³-hybridized carbons (Fsp3) is 0.483. The fourth-order valence-electron chi connectivity index (χ4n) is 9.07. The molecule has 0 aliphatic carbocycles. The third-order valence-electron chi connectivity index (χ3n) is 13.2. The monoisotopic (exact) mass is 1180 g/mol. The van der Waals surface area contributed by atoms with E-state index in [4.69, 9.17) is 15.2 Å². The predicted molar refractivity (Wildman–Crippen MR) is 312 cm³/mol. The lowest BCUT2D eigenvalue weighted by molar-refractivity contribution is -0.156. The molecule has 1 aliphatic rings. The Hall–Kier alpha value is -9.03. The average molecular weight is 1180 g/mol. The zero-order valence-electron chi connectivity index (χ0n) is 49.0. The molecule has 0 radical (unpaired) electrons. The van der Waals surface area contributed by atoms with Crippen LogP contribution in [0.15, 0.2) is 85.1 Å². The molecule has 1 fully saturated rings. The van der Waals surface area contributed by atoms with Crippen molar-refractivity contribution in [3.8, 4) is 5.75 Å². The first kappa shape index (κ1) is 66.8. The van der Waals surface area contributed by atoms with E-state index in [0.717, 1.165) is 0 Å². The number of nitrogens with one attached hydrogen (secondary N) is 10. The number of para-hydroxylation sites is 1. The molecule has 1 saturated heterocycles. The molecule has 1 aliphatic heterocycles. The number of nitrogens with two attached hydrogens (primary N) is 1. The van der Waals surface area contributed by atoms with Gasteiger partial charge in [-0.05, 0) is 115 Å². The van der Waals surface area contributed by atoms with Gasteiger partial charge in [0.2, 0.25) is 53.2 Å². The number of hydrogen-bond acceptors (Lipinski definition) is 14. The maximum absolute atomic E-state index is 14.8. The number of aromatic amines is 1. The Bertz CT molecular complexity index is 2970. The van der Waals surface area contributed by atoms with Crippen LogP contribution in [0.4, 0.5) is 4.79 Å². The number of ether oxygens (including phenoxy) is 2. The van der Waals surface area contributed by atoms with Gasteiger partial charge in [0.05, 0.1) is 13.0 Å². The number of phenols is 1. The number of hydrogen-bond donors (Lipinski definition) is 12. The van der Waals surface area contributed by atoms with E-state index in [0.29, 0.717) is 40.4 Å². The second-order valence-electron chi connectivity index (χ2n) is 22.8. The number of rotatable bonds is 16. The van der Waals surface area contributed by atoms with Crippen molar-refractivity contribution in [2.24, 2.45) is 5.73 Å². The molecule has 5 rings (SSSR count). The van der Waals surface area contributed by atoms with Gasteiger partial charge >= 0.3 is 12.1 Å². The Kier molecular flexibility index (Phi) is 25.2. The molecule has 25 heteroatoms. The number of primary amides is 1. The van der Waals surface area contributed by atoms with E-state index >= 15 is 0 Å². The molecular weight excluding hydrogens is 1100 g/mol. The first-order valence-electron chi connectivity index (χ1n) is 28.4. The van der Waals surface area contributed by atoms with Gasteiger partial charge in [-0.25, -0.2) is 4.79 Å². The fourth-order valence-corrected chi connectivity index (χ4v) is 9.07. The van der Waals surface area contributed by atoms with Crippen molar-refractivity contribution in [2.75, 3.05) is 19.6 Å². The molecule has 6 atom stereocenters. The van der Waals surface area contributed by atoms with E-state index in [1.807, 2.05) is 0 Å². The van der Waals surface area contributed by atoms with Gasteiger partial charge in [-0.3, -0.25) is 47.9 Å². The smallest absolute Gasteiger partial charge is 0.408 e. The van der Waals surface area contributed by atoms with Crippen LogP contribution in [0.2, 0.25) is 0 Å². The topological polar surface area (TPSA) is 377 Å². The molecule has 85 heavy (non-hydrogen) atoms. The van der Waals surface area contributed by atoms with Crippen LogP contribution in [0.1, 0.15) is 116 Å². The number of amides is 10. The minimum Gasteiger partial charge on any atom is -0.508 e. The summed E-state index contributed by atoms with van der Waals surface area (Å²) in [5.41, 5.74) is 6.23. The summed E-state index contributed by atoms with van der Waals surface area (Å²) in [5.74, 6) is -7.87. The van der Waals surface area contributed by atoms with Gasteiger partial charge in [-0.1, -0.05) is 60.7 Å². The van der Waals surface area contributed by atoms with Crippen LogP contribution in [0.3, 0.4) is 0 Å². The summed E-state index contributed by atoms with van der Waals surface area (Å²) < 4.78 is 10.9. The number of esters is 1. The molecule has 2 heterocycles. The Labute approximate surface area is 493 Å². The third kappa shape index (κ3) is 24.0. The number of aromatic hydroxyl groups is 1. The summed E-state index contributed by atoms with van der Waals surface area (Å²) in [6.45, 7) is 9.09. The number of benzene rings is 3. The molecule has 1 aromatic heterocycles. The van der Waals surface area contributed by atoms with Crippen LogP contribution in [-0.2, 0) is 76.7 Å². The van der Waals surface area contributed by atoms with Crippen LogP contribution in [0.5, 0.6) is 5.75 Å². The first-order chi connectivity index (χ1) is 40.2. The van der Waals surface area contributed by atoms with Crippen LogP contribution >= 0.6 is 0 Å². The van der Waals surface area contributed by atoms with Crippen molar-refractivity contribution in [2.45, 2.75) is 166 Å². The molecule has 10 amide bonds. The van der Waals surface area contributed by atoms with E-state index in [1.165, 1.54) is 12.1 Å². The Morgan fingerprint density at radius 3 is 1.87 bits per heavy atom. The molecule has 4 aromatic rings. The van der Waals surface area contributed by atoms with Crippen LogP contribution in [0, 0.1) is 0 Å². The molecule has 0 bridgehead atoms. The summed E-state index contributed by atoms with van der Waals surface area (Å²) in [5, 5.41) is 34.4. The molecule has 0 unspecified atom stereocenters. The van der Waals surface area contributed by atoms with Gasteiger partial charge in [-0.2, -0.15) is 0 Å². The Morgan fingerprint density at radius 1 is 0.635 bits per heavy atom. The van der Waals surface area contributed by atoms with Crippen molar-refractivity contribution in [1.29, 1.82) is 0 Å². The van der Waals surface area contributed by atoms with Crippen molar-refractivity contribution in [1.82, 2.24) is 52.8 Å². The van der Waals surface area contributed by atoms with Crippen molar-refractivity contribution in [3.05, 3.63) is 102 Å².